The zero-order chi connectivity index (χ0) is 13.5. The molecule has 18 heavy (non-hydrogen) atoms. The van der Waals surface area contributed by atoms with Crippen molar-refractivity contribution in [2.45, 2.75) is 25.6 Å². The molecule has 0 aliphatic carbocycles. The van der Waals surface area contributed by atoms with Gasteiger partial charge in [-0.05, 0) is 18.1 Å². The molecule has 0 heterocycles. The highest BCUT2D eigenvalue weighted by atomic mass is 79.9. The number of hydrogen-bond acceptors (Lipinski definition) is 2. The lowest BCUT2D eigenvalue weighted by molar-refractivity contribution is 0.597. The van der Waals surface area contributed by atoms with Gasteiger partial charge in [0.05, 0.1) is 12.5 Å². The molecule has 0 spiro atoms. The fraction of sp³-hybridized carbons (Fsp3) is 0.500. The highest BCUT2D eigenvalue weighted by Crippen LogP contribution is 2.26. The predicted octanol–water partition coefficient (Wildman–Crippen LogP) is 4.10. The number of nitriles is 1. The van der Waals surface area contributed by atoms with Gasteiger partial charge < -0.3 is 4.90 Å². The minimum atomic E-state index is -0.199. The van der Waals surface area contributed by atoms with E-state index in [0.29, 0.717) is 29.8 Å². The molecule has 0 aromatic heterocycles. The molecule has 0 bridgehead atoms. The number of rotatable bonds is 6. The minimum Gasteiger partial charge on any atom is -0.370 e. The molecule has 0 atom stereocenters. The van der Waals surface area contributed by atoms with Crippen LogP contribution >= 0.6 is 15.9 Å². The van der Waals surface area contributed by atoms with Crippen LogP contribution in [0.15, 0.2) is 18.2 Å². The van der Waals surface area contributed by atoms with E-state index in [-0.39, 0.29) is 5.82 Å². The van der Waals surface area contributed by atoms with Crippen molar-refractivity contribution in [2.75, 3.05) is 18.0 Å². The van der Waals surface area contributed by atoms with Gasteiger partial charge >= 0.3 is 0 Å². The van der Waals surface area contributed by atoms with Crippen molar-refractivity contribution in [3.63, 3.8) is 0 Å². The molecule has 0 N–H and O–H groups in total. The first kappa shape index (κ1) is 15.0. The van der Waals surface area contributed by atoms with Crippen LogP contribution in [0.25, 0.3) is 0 Å². The average Bonchev–Trinajstić information content (AvgIpc) is 2.33. The van der Waals surface area contributed by atoms with Gasteiger partial charge in [0.1, 0.15) is 5.82 Å². The number of anilines is 1. The molecule has 0 unspecified atom stereocenters. The van der Waals surface area contributed by atoms with E-state index in [4.69, 9.17) is 5.26 Å². The molecule has 1 aromatic carbocycles. The van der Waals surface area contributed by atoms with Crippen LogP contribution < -0.4 is 4.90 Å². The molecule has 0 amide bonds. The van der Waals surface area contributed by atoms with E-state index in [1.165, 1.54) is 6.07 Å². The van der Waals surface area contributed by atoms with Gasteiger partial charge in [0.15, 0.2) is 0 Å². The maximum Gasteiger partial charge on any atom is 0.129 e. The topological polar surface area (TPSA) is 27.0 Å². The number of benzene rings is 1. The van der Waals surface area contributed by atoms with E-state index >= 15 is 0 Å². The van der Waals surface area contributed by atoms with Gasteiger partial charge in [-0.15, -0.1) is 0 Å². The molecule has 1 rings (SSSR count). The Bertz CT molecular complexity index is 426. The van der Waals surface area contributed by atoms with Crippen LogP contribution in [-0.4, -0.2) is 13.1 Å². The van der Waals surface area contributed by atoms with Crippen LogP contribution in [0.1, 0.15) is 25.8 Å². The molecule has 0 aliphatic heterocycles. The molecule has 1 aromatic rings. The van der Waals surface area contributed by atoms with Gasteiger partial charge in [-0.3, -0.25) is 0 Å². The van der Waals surface area contributed by atoms with Crippen molar-refractivity contribution < 1.29 is 4.39 Å². The molecule has 0 radical (unpaired) electrons. The molecule has 4 heteroatoms. The first-order valence-electron chi connectivity index (χ1n) is 6.05. The van der Waals surface area contributed by atoms with Crippen molar-refractivity contribution in [3.8, 4) is 6.07 Å². The lowest BCUT2D eigenvalue weighted by Crippen LogP contribution is -2.29. The van der Waals surface area contributed by atoms with Gasteiger partial charge in [0, 0.05) is 29.7 Å². The fourth-order valence-corrected chi connectivity index (χ4v) is 2.47. The highest BCUT2D eigenvalue weighted by Gasteiger charge is 2.14. The Kier molecular flexibility index (Phi) is 6.14. The molecule has 0 aliphatic rings. The maximum atomic E-state index is 13.7. The van der Waals surface area contributed by atoms with Crippen molar-refractivity contribution in [1.29, 1.82) is 5.26 Å². The molecule has 0 saturated carbocycles. The summed E-state index contributed by atoms with van der Waals surface area (Å²) in [5.41, 5.74) is 1.55. The van der Waals surface area contributed by atoms with Crippen molar-refractivity contribution in [3.05, 3.63) is 29.6 Å². The monoisotopic (exact) mass is 312 g/mol. The van der Waals surface area contributed by atoms with Crippen LogP contribution in [0.2, 0.25) is 0 Å². The van der Waals surface area contributed by atoms with Crippen LogP contribution in [0.3, 0.4) is 0 Å². The Balaban J connectivity index is 3.04. The second-order valence-electron chi connectivity index (χ2n) is 4.62. The summed E-state index contributed by atoms with van der Waals surface area (Å²) in [5.74, 6) is 0.269. The molecular formula is C14H18BrFN2. The largest absolute Gasteiger partial charge is 0.370 e. The highest BCUT2D eigenvalue weighted by molar-refractivity contribution is 9.08. The summed E-state index contributed by atoms with van der Waals surface area (Å²) in [5, 5.41) is 9.20. The molecule has 0 saturated heterocycles. The average molecular weight is 313 g/mol. The minimum absolute atomic E-state index is 0.199. The van der Waals surface area contributed by atoms with Gasteiger partial charge in [-0.2, -0.15) is 5.26 Å². The predicted molar refractivity (Wildman–Crippen MR) is 76.3 cm³/mol. The SMILES string of the molecule is CC(C)CN(CCC#N)c1cccc(F)c1CBr. The summed E-state index contributed by atoms with van der Waals surface area (Å²) in [6.45, 7) is 5.70. The van der Waals surface area contributed by atoms with Gasteiger partial charge in [0.25, 0.3) is 0 Å². The summed E-state index contributed by atoms with van der Waals surface area (Å²) in [6.07, 6.45) is 0.449. The second kappa shape index (κ2) is 7.38. The van der Waals surface area contributed by atoms with Crippen LogP contribution in [-0.2, 0) is 5.33 Å². The fourth-order valence-electron chi connectivity index (χ4n) is 1.91. The maximum absolute atomic E-state index is 13.7. The number of nitrogens with zero attached hydrogens (tertiary/aromatic N) is 2. The van der Waals surface area contributed by atoms with Crippen molar-refractivity contribution in [2.24, 2.45) is 5.92 Å². The quantitative estimate of drug-likeness (QED) is 0.739. The Labute approximate surface area is 117 Å². The third-order valence-corrected chi connectivity index (χ3v) is 3.21. The molecule has 98 valence electrons. The first-order chi connectivity index (χ1) is 8.60. The van der Waals surface area contributed by atoms with Gasteiger partial charge in [-0.1, -0.05) is 35.8 Å². The standard InChI is InChI=1S/C14H18BrFN2/c1-11(2)10-18(8-4-7-17)14-6-3-5-13(16)12(14)9-15/h3,5-6,11H,4,8-10H2,1-2H3. The molecule has 2 nitrogen and oxygen atoms in total. The summed E-state index contributed by atoms with van der Waals surface area (Å²) < 4.78 is 13.7. The zero-order valence-electron chi connectivity index (χ0n) is 10.8. The molecule has 0 fully saturated rings. The third-order valence-electron chi connectivity index (χ3n) is 2.65. The van der Waals surface area contributed by atoms with E-state index < -0.39 is 0 Å². The Morgan fingerprint density at radius 2 is 2.17 bits per heavy atom. The lowest BCUT2D eigenvalue weighted by Gasteiger charge is -2.28. The Hall–Kier alpha value is -1.08. The second-order valence-corrected chi connectivity index (χ2v) is 5.18. The summed E-state index contributed by atoms with van der Waals surface area (Å²) in [6, 6.07) is 7.25. The van der Waals surface area contributed by atoms with Crippen LogP contribution in [0.4, 0.5) is 10.1 Å². The number of halogens is 2. The van der Waals surface area contributed by atoms with E-state index in [9.17, 15) is 4.39 Å². The van der Waals surface area contributed by atoms with E-state index in [2.05, 4.69) is 40.7 Å². The van der Waals surface area contributed by atoms with Crippen LogP contribution in [0, 0.1) is 23.1 Å². The van der Waals surface area contributed by atoms with E-state index in [0.717, 1.165) is 12.2 Å². The summed E-state index contributed by atoms with van der Waals surface area (Å²) in [7, 11) is 0. The summed E-state index contributed by atoms with van der Waals surface area (Å²) >= 11 is 3.33. The Morgan fingerprint density at radius 1 is 1.44 bits per heavy atom. The van der Waals surface area contributed by atoms with Crippen molar-refractivity contribution >= 4 is 21.6 Å². The zero-order valence-corrected chi connectivity index (χ0v) is 12.4. The lowest BCUT2D eigenvalue weighted by atomic mass is 10.1. The van der Waals surface area contributed by atoms with Gasteiger partial charge in [-0.25, -0.2) is 4.39 Å². The first-order valence-corrected chi connectivity index (χ1v) is 7.17. The van der Waals surface area contributed by atoms with Crippen molar-refractivity contribution in [1.82, 2.24) is 0 Å². The van der Waals surface area contributed by atoms with E-state index in [1.54, 1.807) is 6.07 Å². The number of hydrogen-bond donors (Lipinski definition) is 0. The van der Waals surface area contributed by atoms with Gasteiger partial charge in [0.2, 0.25) is 0 Å². The third kappa shape index (κ3) is 3.99. The number of alkyl halides is 1. The smallest absolute Gasteiger partial charge is 0.129 e. The Morgan fingerprint density at radius 3 is 2.72 bits per heavy atom. The normalized spacial score (nSPS) is 10.4. The molecular weight excluding hydrogens is 295 g/mol. The summed E-state index contributed by atoms with van der Waals surface area (Å²) in [4.78, 5) is 2.09. The van der Waals surface area contributed by atoms with E-state index in [1.807, 2.05) is 6.07 Å². The van der Waals surface area contributed by atoms with Crippen LogP contribution in [0.5, 0.6) is 0 Å².